The minimum Gasteiger partial charge on any atom is -0.208 e. The third-order valence-electron chi connectivity index (χ3n) is 1.57. The Kier molecular flexibility index (Phi) is 5.98. The second kappa shape index (κ2) is 6.59. The molecule has 0 unspecified atom stereocenters. The van der Waals surface area contributed by atoms with Crippen molar-refractivity contribution in [2.45, 2.75) is 20.3 Å². The quantitative estimate of drug-likeness (QED) is 0.334. The fourth-order valence-corrected chi connectivity index (χ4v) is 0.973. The first-order chi connectivity index (χ1) is 5.74. The first kappa shape index (κ1) is 10.9. The summed E-state index contributed by atoms with van der Waals surface area (Å²) in [5.41, 5.74) is 1.35. The summed E-state index contributed by atoms with van der Waals surface area (Å²) in [6.07, 6.45) is 8.86. The van der Waals surface area contributed by atoms with E-state index in [-0.39, 0.29) is 0 Å². The maximum Gasteiger partial charge on any atom is 0.169 e. The van der Waals surface area contributed by atoms with E-state index >= 15 is 0 Å². The van der Waals surface area contributed by atoms with Crippen LogP contribution >= 0.6 is 0 Å². The minimum atomic E-state index is 0.882. The topological polar surface area (TPSA) is 3.01 Å². The largest absolute Gasteiger partial charge is 0.208 e. The highest BCUT2D eigenvalue weighted by Gasteiger charge is 1.99. The zero-order valence-electron chi connectivity index (χ0n) is 8.09. The highest BCUT2D eigenvalue weighted by atomic mass is 14.9. The molecule has 0 fully saturated rings. The van der Waals surface area contributed by atoms with Crippen LogP contribution in [-0.2, 0) is 0 Å². The molecule has 1 heteroatoms. The lowest BCUT2D eigenvalue weighted by Gasteiger charge is -1.98. The fourth-order valence-electron chi connectivity index (χ4n) is 0.973. The van der Waals surface area contributed by atoms with Gasteiger partial charge in [-0.3, -0.25) is 0 Å². The summed E-state index contributed by atoms with van der Waals surface area (Å²) in [5.74, 6) is 0. The van der Waals surface area contributed by atoms with Gasteiger partial charge < -0.3 is 0 Å². The highest BCUT2D eigenvalue weighted by Crippen LogP contribution is 2.00. The minimum absolute atomic E-state index is 0.882. The number of allylic oxidation sites excluding steroid dienone is 3. The molecule has 0 aromatic carbocycles. The molecule has 0 saturated heterocycles. The molecule has 0 rings (SSSR count). The van der Waals surface area contributed by atoms with E-state index in [1.165, 1.54) is 5.57 Å². The van der Waals surface area contributed by atoms with Crippen LogP contribution in [0.15, 0.2) is 36.6 Å². The van der Waals surface area contributed by atoms with Crippen LogP contribution in [0.1, 0.15) is 20.3 Å². The van der Waals surface area contributed by atoms with Crippen LogP contribution in [0.4, 0.5) is 0 Å². The normalized spacial score (nSPS) is 12.0. The maximum atomic E-state index is 3.87. The molecule has 0 heterocycles. The van der Waals surface area contributed by atoms with E-state index in [1.54, 1.807) is 0 Å². The smallest absolute Gasteiger partial charge is 0.169 e. The van der Waals surface area contributed by atoms with Gasteiger partial charge >= 0.3 is 0 Å². The molecule has 66 valence electrons. The van der Waals surface area contributed by atoms with Gasteiger partial charge in [0.25, 0.3) is 0 Å². The van der Waals surface area contributed by atoms with Gasteiger partial charge in [-0.2, -0.15) is 0 Å². The van der Waals surface area contributed by atoms with E-state index in [4.69, 9.17) is 0 Å². The Balaban J connectivity index is 4.11. The van der Waals surface area contributed by atoms with Crippen molar-refractivity contribution >= 4 is 6.72 Å². The van der Waals surface area contributed by atoms with E-state index in [2.05, 4.69) is 20.2 Å². The van der Waals surface area contributed by atoms with Crippen LogP contribution in [0.25, 0.3) is 0 Å². The number of hydrogen-bond donors (Lipinski definition) is 0. The van der Waals surface area contributed by atoms with Crippen molar-refractivity contribution in [2.24, 2.45) is 0 Å². The van der Waals surface area contributed by atoms with Crippen molar-refractivity contribution in [3.63, 3.8) is 0 Å². The molecular weight excluding hydrogens is 146 g/mol. The lowest BCUT2D eigenvalue weighted by molar-refractivity contribution is -0.438. The maximum absolute atomic E-state index is 3.87. The van der Waals surface area contributed by atoms with Crippen LogP contribution < -0.4 is 0 Å². The molecule has 12 heavy (non-hydrogen) atoms. The fraction of sp³-hybridized carbons (Fsp3) is 0.364. The van der Waals surface area contributed by atoms with Crippen molar-refractivity contribution < 1.29 is 4.58 Å². The standard InChI is InChI=1S/C11H18N/c1-5-8-11(7-3)10-12(4)9-6-2/h5-6,8-9H,1,4,7,10H2,2-3H3/q+1/b9-6-,11-8+. The van der Waals surface area contributed by atoms with Crippen molar-refractivity contribution in [1.82, 2.24) is 0 Å². The molecule has 0 atom stereocenters. The van der Waals surface area contributed by atoms with Crippen molar-refractivity contribution in [3.8, 4) is 0 Å². The summed E-state index contributed by atoms with van der Waals surface area (Å²) < 4.78 is 1.92. The Morgan fingerprint density at radius 2 is 2.17 bits per heavy atom. The third-order valence-corrected chi connectivity index (χ3v) is 1.57. The molecule has 0 spiro atoms. The van der Waals surface area contributed by atoms with E-state index in [0.29, 0.717) is 0 Å². The summed E-state index contributed by atoms with van der Waals surface area (Å²) in [4.78, 5) is 0. The van der Waals surface area contributed by atoms with Crippen LogP contribution in [-0.4, -0.2) is 17.8 Å². The predicted molar refractivity (Wildman–Crippen MR) is 55.6 cm³/mol. The lowest BCUT2D eigenvalue weighted by Crippen LogP contribution is -2.05. The van der Waals surface area contributed by atoms with Crippen molar-refractivity contribution in [2.75, 3.05) is 6.54 Å². The van der Waals surface area contributed by atoms with Gasteiger partial charge in [0.2, 0.25) is 0 Å². The molecule has 0 amide bonds. The second-order valence-electron chi connectivity index (χ2n) is 2.64. The Morgan fingerprint density at radius 1 is 1.50 bits per heavy atom. The molecule has 0 aliphatic carbocycles. The van der Waals surface area contributed by atoms with E-state index < -0.39 is 0 Å². The van der Waals surface area contributed by atoms with Gasteiger partial charge in [0.1, 0.15) is 6.72 Å². The lowest BCUT2D eigenvalue weighted by atomic mass is 10.2. The summed E-state index contributed by atoms with van der Waals surface area (Å²) in [6, 6.07) is 0. The van der Waals surface area contributed by atoms with Gasteiger partial charge in [0.15, 0.2) is 12.7 Å². The van der Waals surface area contributed by atoms with Gasteiger partial charge in [-0.25, -0.2) is 4.58 Å². The monoisotopic (exact) mass is 164 g/mol. The van der Waals surface area contributed by atoms with Gasteiger partial charge in [-0.15, -0.1) is 0 Å². The first-order valence-electron chi connectivity index (χ1n) is 4.25. The number of rotatable bonds is 5. The molecule has 0 bridgehead atoms. The predicted octanol–water partition coefficient (Wildman–Crippen LogP) is 2.76. The first-order valence-corrected chi connectivity index (χ1v) is 4.25. The summed E-state index contributed by atoms with van der Waals surface area (Å²) in [7, 11) is 0. The molecule has 0 aromatic rings. The van der Waals surface area contributed by atoms with Crippen LogP contribution in [0, 0.1) is 0 Å². The molecule has 0 aliphatic rings. The highest BCUT2D eigenvalue weighted by molar-refractivity contribution is 5.17. The number of hydrogen-bond acceptors (Lipinski definition) is 0. The molecule has 0 radical (unpaired) electrons. The SMILES string of the molecule is C=C/C=C(\CC)C[N+](=C)/C=C\C. The van der Waals surface area contributed by atoms with E-state index in [1.807, 2.05) is 35.9 Å². The van der Waals surface area contributed by atoms with Gasteiger partial charge in [-0.05, 0) is 25.0 Å². The molecule has 1 nitrogen and oxygen atoms in total. The Labute approximate surface area is 75.4 Å². The second-order valence-corrected chi connectivity index (χ2v) is 2.64. The zero-order valence-corrected chi connectivity index (χ0v) is 8.09. The summed E-state index contributed by atoms with van der Waals surface area (Å²) in [6.45, 7) is 12.5. The van der Waals surface area contributed by atoms with Crippen molar-refractivity contribution in [1.29, 1.82) is 0 Å². The average molecular weight is 164 g/mol. The Hall–Kier alpha value is -1.11. The summed E-state index contributed by atoms with van der Waals surface area (Å²) in [5, 5.41) is 0. The van der Waals surface area contributed by atoms with Crippen LogP contribution in [0.2, 0.25) is 0 Å². The van der Waals surface area contributed by atoms with Crippen LogP contribution in [0.3, 0.4) is 0 Å². The van der Waals surface area contributed by atoms with Crippen molar-refractivity contribution in [3.05, 3.63) is 36.6 Å². The molecule has 0 saturated carbocycles. The van der Waals surface area contributed by atoms with Crippen LogP contribution in [0.5, 0.6) is 0 Å². The molecular formula is C11H18N+. The summed E-state index contributed by atoms with van der Waals surface area (Å²) >= 11 is 0. The molecule has 0 aromatic heterocycles. The zero-order chi connectivity index (χ0) is 9.40. The van der Waals surface area contributed by atoms with Gasteiger partial charge in [0.05, 0.1) is 0 Å². The Bertz CT molecular complexity index is 209. The number of nitrogens with zero attached hydrogens (tertiary/aromatic N) is 1. The van der Waals surface area contributed by atoms with Gasteiger partial charge in [0, 0.05) is 0 Å². The average Bonchev–Trinajstić information content (AvgIpc) is 2.04. The molecule has 0 aliphatic heterocycles. The van der Waals surface area contributed by atoms with E-state index in [0.717, 1.165) is 13.0 Å². The van der Waals surface area contributed by atoms with Gasteiger partial charge in [-0.1, -0.05) is 25.7 Å². The molecule has 0 N–H and O–H groups in total. The van der Waals surface area contributed by atoms with E-state index in [9.17, 15) is 0 Å². The Morgan fingerprint density at radius 3 is 2.58 bits per heavy atom. The third kappa shape index (κ3) is 4.67.